The van der Waals surface area contributed by atoms with E-state index in [1.165, 1.54) is 4.68 Å². The summed E-state index contributed by atoms with van der Waals surface area (Å²) in [5.74, 6) is 0.779. The quantitative estimate of drug-likeness (QED) is 0.827. The summed E-state index contributed by atoms with van der Waals surface area (Å²) < 4.78 is 7.98. The lowest BCUT2D eigenvalue weighted by Gasteiger charge is -2.07. The van der Waals surface area contributed by atoms with Gasteiger partial charge in [0.25, 0.3) is 5.56 Å². The molecule has 0 spiro atoms. The number of nitrogens with zero attached hydrogens (tertiary/aromatic N) is 2. The summed E-state index contributed by atoms with van der Waals surface area (Å²) in [7, 11) is 0. The van der Waals surface area contributed by atoms with Crippen molar-refractivity contribution >= 4 is 31.9 Å². The lowest BCUT2D eigenvalue weighted by Crippen LogP contribution is -2.26. The maximum absolute atomic E-state index is 11.8. The van der Waals surface area contributed by atoms with Gasteiger partial charge in [-0.1, -0.05) is 18.2 Å². The van der Waals surface area contributed by atoms with Crippen molar-refractivity contribution in [3.05, 3.63) is 55.8 Å². The molecule has 0 aliphatic rings. The van der Waals surface area contributed by atoms with E-state index in [1.807, 2.05) is 30.3 Å². The molecule has 0 bridgehead atoms. The van der Waals surface area contributed by atoms with Crippen molar-refractivity contribution in [2.45, 2.75) is 6.54 Å². The fraction of sp³-hybridized carbons (Fsp3) is 0.167. The molecule has 1 aromatic carbocycles. The van der Waals surface area contributed by atoms with Gasteiger partial charge in [0.1, 0.15) is 16.8 Å². The first kappa shape index (κ1) is 13.3. The molecule has 94 valence electrons. The molecule has 0 atom stereocenters. The highest BCUT2D eigenvalue weighted by Gasteiger charge is 2.06. The third-order valence-corrected chi connectivity index (χ3v) is 4.16. The second kappa shape index (κ2) is 6.15. The van der Waals surface area contributed by atoms with E-state index < -0.39 is 0 Å². The number of para-hydroxylation sites is 1. The van der Waals surface area contributed by atoms with Crippen LogP contribution in [0.1, 0.15) is 0 Å². The van der Waals surface area contributed by atoms with Crippen molar-refractivity contribution in [3.8, 4) is 5.75 Å². The van der Waals surface area contributed by atoms with Gasteiger partial charge in [-0.25, -0.2) is 4.68 Å². The third kappa shape index (κ3) is 3.20. The summed E-state index contributed by atoms with van der Waals surface area (Å²) in [6.07, 6.45) is 1.58. The van der Waals surface area contributed by atoms with E-state index in [0.29, 0.717) is 22.1 Å². The summed E-state index contributed by atoms with van der Waals surface area (Å²) in [5, 5.41) is 4.02. The zero-order valence-corrected chi connectivity index (χ0v) is 12.5. The molecule has 0 unspecified atom stereocenters. The van der Waals surface area contributed by atoms with E-state index in [0.717, 1.165) is 5.75 Å². The number of ether oxygens (including phenoxy) is 1. The number of rotatable bonds is 4. The number of hydrogen-bond donors (Lipinski definition) is 0. The zero-order chi connectivity index (χ0) is 13.0. The normalized spacial score (nSPS) is 10.3. The number of aromatic nitrogens is 2. The minimum atomic E-state index is -0.180. The van der Waals surface area contributed by atoms with Crippen molar-refractivity contribution < 1.29 is 4.74 Å². The highest BCUT2D eigenvalue weighted by atomic mass is 79.9. The van der Waals surface area contributed by atoms with Gasteiger partial charge in [-0.15, -0.1) is 0 Å². The van der Waals surface area contributed by atoms with Gasteiger partial charge in [-0.05, 0) is 44.0 Å². The van der Waals surface area contributed by atoms with E-state index in [1.54, 1.807) is 6.20 Å². The molecule has 0 aliphatic heterocycles. The predicted molar refractivity (Wildman–Crippen MR) is 75.8 cm³/mol. The first-order valence-corrected chi connectivity index (χ1v) is 6.86. The molecule has 4 nitrogen and oxygen atoms in total. The Morgan fingerprint density at radius 2 is 1.94 bits per heavy atom. The molecule has 0 saturated carbocycles. The molecule has 0 radical (unpaired) electrons. The first-order chi connectivity index (χ1) is 8.68. The Balaban J connectivity index is 1.99. The Morgan fingerprint density at radius 3 is 2.67 bits per heavy atom. The second-order valence-electron chi connectivity index (χ2n) is 3.50. The molecular formula is C12H10Br2N2O2. The molecule has 2 rings (SSSR count). The number of hydrogen-bond acceptors (Lipinski definition) is 3. The van der Waals surface area contributed by atoms with Crippen LogP contribution in [-0.4, -0.2) is 16.4 Å². The molecule has 6 heteroatoms. The van der Waals surface area contributed by atoms with E-state index in [4.69, 9.17) is 4.74 Å². The summed E-state index contributed by atoms with van der Waals surface area (Å²) >= 11 is 6.44. The number of halogens is 2. The van der Waals surface area contributed by atoms with E-state index in [2.05, 4.69) is 37.0 Å². The van der Waals surface area contributed by atoms with Gasteiger partial charge in [0.05, 0.1) is 17.2 Å². The van der Waals surface area contributed by atoms with Gasteiger partial charge in [0, 0.05) is 0 Å². The van der Waals surface area contributed by atoms with Gasteiger partial charge in [-0.2, -0.15) is 5.10 Å². The minimum absolute atomic E-state index is 0.180. The smallest absolute Gasteiger partial charge is 0.282 e. The zero-order valence-electron chi connectivity index (χ0n) is 9.35. The molecular weight excluding hydrogens is 364 g/mol. The van der Waals surface area contributed by atoms with Crippen LogP contribution in [0.25, 0.3) is 0 Å². The van der Waals surface area contributed by atoms with E-state index in [-0.39, 0.29) is 5.56 Å². The molecule has 0 fully saturated rings. The van der Waals surface area contributed by atoms with Crippen LogP contribution < -0.4 is 10.3 Å². The Morgan fingerprint density at radius 1 is 1.22 bits per heavy atom. The molecule has 0 N–H and O–H groups in total. The minimum Gasteiger partial charge on any atom is -0.492 e. The van der Waals surface area contributed by atoms with Crippen LogP contribution >= 0.6 is 31.9 Å². The lowest BCUT2D eigenvalue weighted by atomic mass is 10.3. The predicted octanol–water partition coefficient (Wildman–Crippen LogP) is 2.85. The molecule has 18 heavy (non-hydrogen) atoms. The maximum Gasteiger partial charge on any atom is 0.282 e. The molecule has 0 amide bonds. The van der Waals surface area contributed by atoms with Crippen LogP contribution in [0.4, 0.5) is 0 Å². The summed E-state index contributed by atoms with van der Waals surface area (Å²) in [6.45, 7) is 0.796. The maximum atomic E-state index is 11.8. The van der Waals surface area contributed by atoms with E-state index >= 15 is 0 Å². The molecule has 0 saturated heterocycles. The Bertz CT molecular complexity index is 584. The Kier molecular flexibility index (Phi) is 4.54. The second-order valence-corrected chi connectivity index (χ2v) is 5.14. The topological polar surface area (TPSA) is 44.1 Å². The molecule has 2 aromatic rings. The van der Waals surface area contributed by atoms with Crippen LogP contribution in [-0.2, 0) is 6.54 Å². The van der Waals surface area contributed by atoms with Crippen LogP contribution in [0, 0.1) is 0 Å². The van der Waals surface area contributed by atoms with Crippen LogP contribution in [0.5, 0.6) is 5.75 Å². The fourth-order valence-electron chi connectivity index (χ4n) is 1.37. The first-order valence-electron chi connectivity index (χ1n) is 5.27. The number of benzene rings is 1. The van der Waals surface area contributed by atoms with Gasteiger partial charge < -0.3 is 4.74 Å². The highest BCUT2D eigenvalue weighted by molar-refractivity contribution is 9.13. The SMILES string of the molecule is O=c1c(Br)c(Br)cnn1CCOc1ccccc1. The fourth-order valence-corrected chi connectivity index (χ4v) is 1.94. The Hall–Kier alpha value is -1.14. The largest absolute Gasteiger partial charge is 0.492 e. The van der Waals surface area contributed by atoms with Gasteiger partial charge in [0.2, 0.25) is 0 Å². The van der Waals surface area contributed by atoms with Gasteiger partial charge in [0.15, 0.2) is 0 Å². The summed E-state index contributed by atoms with van der Waals surface area (Å²) in [6, 6.07) is 9.46. The van der Waals surface area contributed by atoms with Crippen molar-refractivity contribution in [1.29, 1.82) is 0 Å². The van der Waals surface area contributed by atoms with Crippen molar-refractivity contribution in [2.24, 2.45) is 0 Å². The molecule has 1 heterocycles. The summed E-state index contributed by atoms with van der Waals surface area (Å²) in [4.78, 5) is 11.8. The van der Waals surface area contributed by atoms with Crippen LogP contribution in [0.15, 0.2) is 50.3 Å². The standard InChI is InChI=1S/C12H10Br2N2O2/c13-10-8-15-16(12(17)11(10)14)6-7-18-9-4-2-1-3-5-9/h1-5,8H,6-7H2. The monoisotopic (exact) mass is 372 g/mol. The summed E-state index contributed by atoms with van der Waals surface area (Å²) in [5.41, 5.74) is -0.180. The van der Waals surface area contributed by atoms with Crippen molar-refractivity contribution in [3.63, 3.8) is 0 Å². The van der Waals surface area contributed by atoms with Gasteiger partial charge in [-0.3, -0.25) is 4.79 Å². The van der Waals surface area contributed by atoms with Gasteiger partial charge >= 0.3 is 0 Å². The van der Waals surface area contributed by atoms with Crippen molar-refractivity contribution in [1.82, 2.24) is 9.78 Å². The molecule has 0 aliphatic carbocycles. The average Bonchev–Trinajstić information content (AvgIpc) is 2.40. The molecule has 1 aromatic heterocycles. The Labute approximate surface area is 121 Å². The van der Waals surface area contributed by atoms with Crippen molar-refractivity contribution in [2.75, 3.05) is 6.61 Å². The van der Waals surface area contributed by atoms with Crippen LogP contribution in [0.2, 0.25) is 0 Å². The third-order valence-electron chi connectivity index (χ3n) is 2.26. The lowest BCUT2D eigenvalue weighted by molar-refractivity contribution is 0.287. The van der Waals surface area contributed by atoms with E-state index in [9.17, 15) is 4.79 Å². The van der Waals surface area contributed by atoms with Crippen LogP contribution in [0.3, 0.4) is 0 Å². The average molecular weight is 374 g/mol. The highest BCUT2D eigenvalue weighted by Crippen LogP contribution is 2.16.